The van der Waals surface area contributed by atoms with Gasteiger partial charge in [-0.1, -0.05) is 18.2 Å². The summed E-state index contributed by atoms with van der Waals surface area (Å²) in [5.41, 5.74) is 1.16. The van der Waals surface area contributed by atoms with E-state index in [2.05, 4.69) is 9.97 Å². The number of carbonyl (C=O) groups is 2. The first-order chi connectivity index (χ1) is 18.8. The largest absolute Gasteiger partial charge is 0.490 e. The molecular weight excluding hydrogens is 564 g/mol. The van der Waals surface area contributed by atoms with Gasteiger partial charge in [0.05, 0.1) is 17.6 Å². The maximum atomic E-state index is 14.7. The highest BCUT2D eigenvalue weighted by Gasteiger charge is 2.47. The summed E-state index contributed by atoms with van der Waals surface area (Å²) in [6.45, 7) is -0.529. The van der Waals surface area contributed by atoms with Gasteiger partial charge < -0.3 is 14.7 Å². The Hall–Kier alpha value is -4.20. The number of rotatable bonds is 4. The molecule has 210 valence electrons. The van der Waals surface area contributed by atoms with Crippen LogP contribution in [0.1, 0.15) is 16.8 Å². The van der Waals surface area contributed by atoms with Crippen LogP contribution in [-0.2, 0) is 4.79 Å². The van der Waals surface area contributed by atoms with Crippen molar-refractivity contribution in [1.82, 2.24) is 14.9 Å². The fraction of sp³-hybridized carbons (Fsp3) is 0.231. The number of nitrogens with zero attached hydrogens (tertiary/aromatic N) is 3. The third kappa shape index (κ3) is 6.68. The van der Waals surface area contributed by atoms with E-state index in [1.165, 1.54) is 34.4 Å². The van der Waals surface area contributed by atoms with Gasteiger partial charge in [-0.3, -0.25) is 4.79 Å². The van der Waals surface area contributed by atoms with Gasteiger partial charge in [0.1, 0.15) is 10.8 Å². The van der Waals surface area contributed by atoms with Crippen molar-refractivity contribution in [2.24, 2.45) is 0 Å². The van der Waals surface area contributed by atoms with Crippen LogP contribution in [0.3, 0.4) is 0 Å². The molecule has 1 N–H and O–H groups in total. The molecule has 0 saturated carbocycles. The lowest BCUT2D eigenvalue weighted by atomic mass is 10.0. The molecule has 3 heterocycles. The number of para-hydroxylation sites is 1. The number of thiazole rings is 1. The lowest BCUT2D eigenvalue weighted by Gasteiger charge is -2.38. The van der Waals surface area contributed by atoms with Crippen LogP contribution >= 0.6 is 11.3 Å². The number of aliphatic carboxylic acids is 1. The van der Waals surface area contributed by atoms with Crippen molar-refractivity contribution in [2.75, 3.05) is 13.1 Å². The Labute approximate surface area is 226 Å². The molecule has 1 unspecified atom stereocenters. The van der Waals surface area contributed by atoms with Crippen LogP contribution in [0.5, 0.6) is 5.88 Å². The molecule has 1 saturated heterocycles. The fourth-order valence-corrected chi connectivity index (χ4v) is 4.52. The van der Waals surface area contributed by atoms with Crippen LogP contribution in [-0.4, -0.2) is 63.1 Å². The molecule has 4 aromatic rings. The van der Waals surface area contributed by atoms with Gasteiger partial charge >= 0.3 is 12.1 Å². The number of fused-ring (bicyclic) bond motifs is 1. The molecule has 1 fully saturated rings. The minimum Gasteiger partial charge on any atom is -0.475 e. The quantitative estimate of drug-likeness (QED) is 0.294. The van der Waals surface area contributed by atoms with Crippen molar-refractivity contribution >= 4 is 34.1 Å². The number of alkyl halides is 5. The normalized spacial score (nSPS) is 16.6. The van der Waals surface area contributed by atoms with E-state index in [1.807, 2.05) is 12.1 Å². The van der Waals surface area contributed by atoms with Crippen molar-refractivity contribution in [3.8, 4) is 16.5 Å². The topological polar surface area (TPSA) is 92.6 Å². The Morgan fingerprint density at radius 2 is 1.82 bits per heavy atom. The number of likely N-dealkylation sites (tertiary alicyclic amines) is 1. The standard InChI is InChI=1S/C24H18F3N3O2S.C2HF3O2/c25-16-6-7-17(22-28-10-12-33-22)18(13-16)23(31)30-11-9-24(26,27)20(14-30)32-21-8-5-15-3-1-2-4-19(15)29-21;3-2(4,5)1(6)7/h1-8,10,12-13,20H,9,11,14H2;(H,6,7). The third-order valence-electron chi connectivity index (χ3n) is 5.81. The summed E-state index contributed by atoms with van der Waals surface area (Å²) < 4.78 is 80.7. The van der Waals surface area contributed by atoms with Crippen LogP contribution in [0.2, 0.25) is 0 Å². The molecule has 1 amide bonds. The number of pyridine rings is 1. The van der Waals surface area contributed by atoms with Gasteiger partial charge in [-0.25, -0.2) is 27.9 Å². The van der Waals surface area contributed by atoms with Gasteiger partial charge in [0.25, 0.3) is 11.8 Å². The minimum atomic E-state index is -5.08. The van der Waals surface area contributed by atoms with Crippen LogP contribution in [0, 0.1) is 5.82 Å². The molecule has 0 radical (unpaired) electrons. The molecular formula is C26H19F6N3O4S. The number of aromatic nitrogens is 2. The van der Waals surface area contributed by atoms with Crippen molar-refractivity contribution in [3.05, 3.63) is 77.6 Å². The molecule has 1 aliphatic heterocycles. The zero-order valence-electron chi connectivity index (χ0n) is 20.2. The first-order valence-electron chi connectivity index (χ1n) is 11.5. The monoisotopic (exact) mass is 583 g/mol. The number of hydrogen-bond donors (Lipinski definition) is 1. The number of carbonyl (C=O) groups excluding carboxylic acids is 1. The van der Waals surface area contributed by atoms with E-state index in [0.717, 1.165) is 11.5 Å². The Morgan fingerprint density at radius 3 is 2.50 bits per heavy atom. The highest BCUT2D eigenvalue weighted by molar-refractivity contribution is 7.13. The minimum absolute atomic E-state index is 0.0573. The Kier molecular flexibility index (Phi) is 8.28. The van der Waals surface area contributed by atoms with E-state index in [-0.39, 0.29) is 24.5 Å². The zero-order chi connectivity index (χ0) is 29.1. The molecule has 5 rings (SSSR count). The molecule has 0 spiro atoms. The molecule has 14 heteroatoms. The number of benzene rings is 2. The molecule has 40 heavy (non-hydrogen) atoms. The second-order valence-electron chi connectivity index (χ2n) is 8.54. The lowest BCUT2D eigenvalue weighted by molar-refractivity contribution is -0.192. The van der Waals surface area contributed by atoms with Crippen LogP contribution in [0.15, 0.2) is 66.2 Å². The summed E-state index contributed by atoms with van der Waals surface area (Å²) >= 11 is 1.31. The van der Waals surface area contributed by atoms with Crippen LogP contribution in [0.25, 0.3) is 21.5 Å². The average molecular weight is 584 g/mol. The first-order valence-corrected chi connectivity index (χ1v) is 12.4. The SMILES string of the molecule is O=C(O)C(F)(F)F.O=C(c1cc(F)ccc1-c1nccs1)N1CCC(F)(F)C(Oc2ccc3ccccc3n2)C1. The van der Waals surface area contributed by atoms with Crippen molar-refractivity contribution in [3.63, 3.8) is 0 Å². The van der Waals surface area contributed by atoms with Gasteiger partial charge in [0, 0.05) is 41.6 Å². The van der Waals surface area contributed by atoms with Gasteiger partial charge in [0.15, 0.2) is 6.10 Å². The van der Waals surface area contributed by atoms with E-state index < -0.39 is 42.3 Å². The third-order valence-corrected chi connectivity index (χ3v) is 6.62. The number of carboxylic acid groups (broad SMARTS) is 1. The number of ether oxygens (including phenoxy) is 1. The summed E-state index contributed by atoms with van der Waals surface area (Å²) in [5, 5.41) is 10.3. The molecule has 1 aliphatic rings. The summed E-state index contributed by atoms with van der Waals surface area (Å²) in [6.07, 6.45) is -5.65. The van der Waals surface area contributed by atoms with Crippen molar-refractivity contribution in [1.29, 1.82) is 0 Å². The Morgan fingerprint density at radius 1 is 1.10 bits per heavy atom. The summed E-state index contributed by atoms with van der Waals surface area (Å²) in [7, 11) is 0. The second kappa shape index (κ2) is 11.5. The van der Waals surface area contributed by atoms with Crippen LogP contribution < -0.4 is 4.74 Å². The van der Waals surface area contributed by atoms with E-state index >= 15 is 0 Å². The van der Waals surface area contributed by atoms with Crippen LogP contribution in [0.4, 0.5) is 26.3 Å². The first kappa shape index (κ1) is 28.8. The van der Waals surface area contributed by atoms with E-state index in [4.69, 9.17) is 14.6 Å². The molecule has 0 aliphatic carbocycles. The summed E-state index contributed by atoms with van der Waals surface area (Å²) in [4.78, 5) is 31.9. The Balaban J connectivity index is 0.000000470. The Bertz CT molecular complexity index is 1510. The van der Waals surface area contributed by atoms with Crippen molar-refractivity contribution < 1.29 is 45.8 Å². The number of hydrogen-bond acceptors (Lipinski definition) is 6. The fourth-order valence-electron chi connectivity index (χ4n) is 3.84. The van der Waals surface area contributed by atoms with E-state index in [1.54, 1.807) is 29.8 Å². The second-order valence-corrected chi connectivity index (χ2v) is 9.44. The molecule has 0 bridgehead atoms. The highest BCUT2D eigenvalue weighted by atomic mass is 32.1. The molecule has 1 atom stereocenters. The highest BCUT2D eigenvalue weighted by Crippen LogP contribution is 2.34. The predicted octanol–water partition coefficient (Wildman–Crippen LogP) is 6.06. The van der Waals surface area contributed by atoms with Gasteiger partial charge in [-0.15, -0.1) is 11.3 Å². The number of carboxylic acids is 1. The lowest BCUT2D eigenvalue weighted by Crippen LogP contribution is -2.55. The number of amides is 1. The maximum absolute atomic E-state index is 14.7. The molecule has 2 aromatic carbocycles. The zero-order valence-corrected chi connectivity index (χ0v) is 21.1. The summed E-state index contributed by atoms with van der Waals surface area (Å²) in [5.74, 6) is -6.98. The van der Waals surface area contributed by atoms with E-state index in [0.29, 0.717) is 16.1 Å². The van der Waals surface area contributed by atoms with Crippen molar-refractivity contribution in [2.45, 2.75) is 24.6 Å². The van der Waals surface area contributed by atoms with Gasteiger partial charge in [-0.05, 0) is 30.3 Å². The maximum Gasteiger partial charge on any atom is 0.490 e. The molecule has 2 aromatic heterocycles. The molecule has 7 nitrogen and oxygen atoms in total. The number of halogens is 6. The smallest absolute Gasteiger partial charge is 0.475 e. The van der Waals surface area contributed by atoms with Gasteiger partial charge in [0.2, 0.25) is 5.88 Å². The van der Waals surface area contributed by atoms with E-state index in [9.17, 15) is 31.1 Å². The predicted molar refractivity (Wildman–Crippen MR) is 133 cm³/mol. The van der Waals surface area contributed by atoms with Gasteiger partial charge in [-0.2, -0.15) is 13.2 Å². The summed E-state index contributed by atoms with van der Waals surface area (Å²) in [6, 6.07) is 14.4. The average Bonchev–Trinajstić information content (AvgIpc) is 3.44. The number of piperidine rings is 1.